The zero-order valence-corrected chi connectivity index (χ0v) is 12.5. The maximum atomic E-state index is 11.8. The van der Waals surface area contributed by atoms with Crippen molar-refractivity contribution in [1.29, 1.82) is 0 Å². The topological polar surface area (TPSA) is 50.4 Å². The molecule has 1 amide bonds. The van der Waals surface area contributed by atoms with Gasteiger partial charge in [0.05, 0.1) is 12.5 Å². The largest absolute Gasteiger partial charge is 0.494 e. The average molecular weight is 299 g/mol. The van der Waals surface area contributed by atoms with Crippen molar-refractivity contribution in [3.63, 3.8) is 0 Å². The smallest absolute Gasteiger partial charge is 0.224 e. The second-order valence-electron chi connectivity index (χ2n) is 4.85. The lowest BCUT2D eigenvalue weighted by atomic mass is 9.99. The van der Waals surface area contributed by atoms with Crippen molar-refractivity contribution >= 4 is 18.3 Å². The van der Waals surface area contributed by atoms with Crippen LogP contribution in [0, 0.1) is 5.92 Å². The van der Waals surface area contributed by atoms with Gasteiger partial charge in [-0.3, -0.25) is 4.79 Å². The highest BCUT2D eigenvalue weighted by atomic mass is 35.5. The lowest BCUT2D eigenvalue weighted by molar-refractivity contribution is -0.125. The van der Waals surface area contributed by atoms with E-state index < -0.39 is 0 Å². The number of para-hydroxylation sites is 1. The number of nitrogens with one attached hydrogen (secondary N) is 2. The number of benzene rings is 1. The maximum absolute atomic E-state index is 11.8. The van der Waals surface area contributed by atoms with E-state index in [9.17, 15) is 4.79 Å². The fraction of sp³-hybridized carbons (Fsp3) is 0.533. The Labute approximate surface area is 126 Å². The molecule has 20 heavy (non-hydrogen) atoms. The monoisotopic (exact) mass is 298 g/mol. The normalized spacial score (nSPS) is 17.9. The van der Waals surface area contributed by atoms with Crippen molar-refractivity contribution in [2.24, 2.45) is 5.92 Å². The van der Waals surface area contributed by atoms with Crippen LogP contribution < -0.4 is 15.4 Å². The van der Waals surface area contributed by atoms with E-state index in [0.717, 1.165) is 38.1 Å². The van der Waals surface area contributed by atoms with Crippen LogP contribution in [-0.2, 0) is 4.79 Å². The van der Waals surface area contributed by atoms with Gasteiger partial charge < -0.3 is 15.4 Å². The van der Waals surface area contributed by atoms with Crippen LogP contribution in [-0.4, -0.2) is 32.1 Å². The van der Waals surface area contributed by atoms with E-state index in [1.165, 1.54) is 0 Å². The predicted molar refractivity (Wildman–Crippen MR) is 82.4 cm³/mol. The van der Waals surface area contributed by atoms with E-state index in [1.54, 1.807) is 0 Å². The van der Waals surface area contributed by atoms with Gasteiger partial charge in [0.1, 0.15) is 5.75 Å². The van der Waals surface area contributed by atoms with Crippen molar-refractivity contribution in [2.45, 2.75) is 19.3 Å². The number of rotatable bonds is 6. The first-order chi connectivity index (χ1) is 9.36. The van der Waals surface area contributed by atoms with Gasteiger partial charge in [0.25, 0.3) is 0 Å². The number of carbonyl (C=O) groups excluding carboxylic acids is 1. The van der Waals surface area contributed by atoms with Crippen LogP contribution in [0.1, 0.15) is 19.3 Å². The van der Waals surface area contributed by atoms with Crippen LogP contribution in [0.4, 0.5) is 0 Å². The summed E-state index contributed by atoms with van der Waals surface area (Å²) < 4.78 is 5.57. The van der Waals surface area contributed by atoms with Gasteiger partial charge in [-0.05, 0) is 37.9 Å². The van der Waals surface area contributed by atoms with Crippen LogP contribution in [0.5, 0.6) is 5.75 Å². The Hall–Kier alpha value is -1.26. The molecule has 5 heteroatoms. The molecule has 0 spiro atoms. The lowest BCUT2D eigenvalue weighted by Gasteiger charge is -2.21. The molecule has 1 aliphatic rings. The summed E-state index contributed by atoms with van der Waals surface area (Å²) in [4.78, 5) is 11.8. The highest BCUT2D eigenvalue weighted by Gasteiger charge is 2.19. The van der Waals surface area contributed by atoms with Crippen LogP contribution in [0.3, 0.4) is 0 Å². The Morgan fingerprint density at radius 3 is 2.85 bits per heavy atom. The Morgan fingerprint density at radius 1 is 1.35 bits per heavy atom. The third kappa shape index (κ3) is 5.80. The van der Waals surface area contributed by atoms with Gasteiger partial charge in [-0.15, -0.1) is 12.4 Å². The molecular formula is C15H23ClN2O2. The molecule has 0 bridgehead atoms. The molecule has 1 fully saturated rings. The number of hydrogen-bond acceptors (Lipinski definition) is 3. The number of amides is 1. The number of piperidine rings is 1. The molecule has 1 aromatic rings. The highest BCUT2D eigenvalue weighted by Crippen LogP contribution is 2.10. The predicted octanol–water partition coefficient (Wildman–Crippen LogP) is 1.99. The van der Waals surface area contributed by atoms with E-state index in [4.69, 9.17) is 4.74 Å². The molecular weight excluding hydrogens is 276 g/mol. The molecule has 112 valence electrons. The second kappa shape index (κ2) is 9.61. The molecule has 1 saturated heterocycles. The van der Waals surface area contributed by atoms with Gasteiger partial charge in [-0.1, -0.05) is 18.2 Å². The molecule has 0 saturated carbocycles. The first-order valence-electron chi connectivity index (χ1n) is 7.02. The summed E-state index contributed by atoms with van der Waals surface area (Å²) in [6.07, 6.45) is 2.93. The van der Waals surface area contributed by atoms with Crippen molar-refractivity contribution in [2.75, 3.05) is 26.2 Å². The zero-order valence-electron chi connectivity index (χ0n) is 11.6. The molecule has 0 radical (unpaired) electrons. The Bertz CT molecular complexity index is 381. The zero-order chi connectivity index (χ0) is 13.3. The van der Waals surface area contributed by atoms with Gasteiger partial charge in [-0.2, -0.15) is 0 Å². The summed E-state index contributed by atoms with van der Waals surface area (Å²) in [7, 11) is 0. The number of halogens is 1. The van der Waals surface area contributed by atoms with Crippen LogP contribution in [0.2, 0.25) is 0 Å². The van der Waals surface area contributed by atoms with Crippen molar-refractivity contribution in [3.8, 4) is 5.75 Å². The molecule has 0 aromatic heterocycles. The average Bonchev–Trinajstić information content (AvgIpc) is 2.49. The van der Waals surface area contributed by atoms with E-state index in [-0.39, 0.29) is 24.2 Å². The molecule has 1 heterocycles. The minimum absolute atomic E-state index is 0. The third-order valence-corrected chi connectivity index (χ3v) is 3.30. The van der Waals surface area contributed by atoms with Gasteiger partial charge in [0.15, 0.2) is 0 Å². The molecule has 4 nitrogen and oxygen atoms in total. The second-order valence-corrected chi connectivity index (χ2v) is 4.85. The SMILES string of the molecule is Cl.O=C(NCCCOc1ccccc1)C1CCCNC1. The van der Waals surface area contributed by atoms with Gasteiger partial charge in [0, 0.05) is 13.1 Å². The molecule has 1 atom stereocenters. The number of hydrogen-bond donors (Lipinski definition) is 2. The molecule has 1 aromatic carbocycles. The van der Waals surface area contributed by atoms with Gasteiger partial charge in [0.2, 0.25) is 5.91 Å². The third-order valence-electron chi connectivity index (χ3n) is 3.30. The van der Waals surface area contributed by atoms with Crippen molar-refractivity contribution < 1.29 is 9.53 Å². The fourth-order valence-electron chi connectivity index (χ4n) is 2.21. The Balaban J connectivity index is 0.00000200. The summed E-state index contributed by atoms with van der Waals surface area (Å²) in [6.45, 7) is 3.16. The Morgan fingerprint density at radius 2 is 2.15 bits per heavy atom. The van der Waals surface area contributed by atoms with Gasteiger partial charge >= 0.3 is 0 Å². The molecule has 0 aliphatic carbocycles. The van der Waals surface area contributed by atoms with E-state index in [1.807, 2.05) is 30.3 Å². The quantitative estimate of drug-likeness (QED) is 0.790. The summed E-state index contributed by atoms with van der Waals surface area (Å²) in [6, 6.07) is 9.74. The van der Waals surface area contributed by atoms with Crippen molar-refractivity contribution in [3.05, 3.63) is 30.3 Å². The van der Waals surface area contributed by atoms with Crippen LogP contribution >= 0.6 is 12.4 Å². The summed E-state index contributed by atoms with van der Waals surface area (Å²) in [5.41, 5.74) is 0. The lowest BCUT2D eigenvalue weighted by Crippen LogP contribution is -2.40. The van der Waals surface area contributed by atoms with Gasteiger partial charge in [-0.25, -0.2) is 0 Å². The first kappa shape index (κ1) is 16.8. The van der Waals surface area contributed by atoms with Crippen LogP contribution in [0.25, 0.3) is 0 Å². The minimum atomic E-state index is 0. The number of carbonyl (C=O) groups is 1. The fourth-order valence-corrected chi connectivity index (χ4v) is 2.21. The maximum Gasteiger partial charge on any atom is 0.224 e. The molecule has 1 aliphatic heterocycles. The summed E-state index contributed by atoms with van der Waals surface area (Å²) in [5, 5.41) is 6.23. The van der Waals surface area contributed by atoms with Crippen LogP contribution in [0.15, 0.2) is 30.3 Å². The molecule has 2 N–H and O–H groups in total. The Kier molecular flexibility index (Phi) is 8.07. The summed E-state index contributed by atoms with van der Waals surface area (Å²) in [5.74, 6) is 1.20. The summed E-state index contributed by atoms with van der Waals surface area (Å²) >= 11 is 0. The first-order valence-corrected chi connectivity index (χ1v) is 7.02. The van der Waals surface area contributed by atoms with Crippen molar-refractivity contribution in [1.82, 2.24) is 10.6 Å². The molecule has 1 unspecified atom stereocenters. The number of ether oxygens (including phenoxy) is 1. The standard InChI is InChI=1S/C15H22N2O2.ClH/c18-15(13-6-4-9-16-12-13)17-10-5-11-19-14-7-2-1-3-8-14;/h1-3,7-8,13,16H,4-6,9-12H2,(H,17,18);1H. The molecule has 2 rings (SSSR count). The minimum Gasteiger partial charge on any atom is -0.494 e. The van der Waals surface area contributed by atoms with E-state index in [2.05, 4.69) is 10.6 Å². The van der Waals surface area contributed by atoms with E-state index in [0.29, 0.717) is 13.2 Å². The van der Waals surface area contributed by atoms with E-state index >= 15 is 0 Å². The highest BCUT2D eigenvalue weighted by molar-refractivity contribution is 5.85.